The van der Waals surface area contributed by atoms with Crippen LogP contribution in [0.4, 0.5) is 0 Å². The third kappa shape index (κ3) is 6.15. The highest BCUT2D eigenvalue weighted by Gasteiger charge is 1.80. The summed E-state index contributed by atoms with van der Waals surface area (Å²) in [7, 11) is 0. The van der Waals surface area contributed by atoms with Gasteiger partial charge < -0.3 is 0 Å². The molecule has 0 fully saturated rings. The fourth-order valence-corrected chi connectivity index (χ4v) is 1.25. The van der Waals surface area contributed by atoms with E-state index in [1.807, 2.05) is 0 Å². The molecule has 0 saturated carbocycles. The Kier molecular flexibility index (Phi) is 5.87. The van der Waals surface area contributed by atoms with Gasteiger partial charge in [-0.15, -0.1) is 0 Å². The highest BCUT2D eigenvalue weighted by Crippen LogP contribution is 2.01. The number of hydrogen-bond acceptors (Lipinski definition) is 0. The van der Waals surface area contributed by atoms with Gasteiger partial charge in [0.25, 0.3) is 0 Å². The van der Waals surface area contributed by atoms with E-state index in [1.165, 1.54) is 19.3 Å². The summed E-state index contributed by atoms with van der Waals surface area (Å²) in [5, 5.41) is 0. The van der Waals surface area contributed by atoms with Crippen molar-refractivity contribution in [2.45, 2.75) is 32.1 Å². The normalized spacial score (nSPS) is 24.0. The summed E-state index contributed by atoms with van der Waals surface area (Å²) < 4.78 is 0. The lowest BCUT2D eigenvalue weighted by molar-refractivity contribution is 0.866. The number of hydrogen-bond donors (Lipinski definition) is 0. The first kappa shape index (κ1) is 10.0. The average molecular weight is 174 g/mol. The Bertz CT molecular complexity index is 216. The van der Waals surface area contributed by atoms with Crippen LogP contribution in [0.3, 0.4) is 0 Å². The molecule has 0 aliphatic heterocycles. The molecular formula is C13H18. The molecule has 0 heteroatoms. The minimum atomic E-state index is 1.05. The molecule has 0 radical (unpaired) electrons. The summed E-state index contributed by atoms with van der Waals surface area (Å²) in [4.78, 5) is 0. The SMILES string of the molecule is C1=CC/C=C/C/C=C\CCCC=C1. The minimum Gasteiger partial charge on any atom is -0.0882 e. The second-order valence-corrected chi connectivity index (χ2v) is 3.20. The monoisotopic (exact) mass is 174 g/mol. The lowest BCUT2D eigenvalue weighted by Gasteiger charge is -1.88. The number of rotatable bonds is 0. The third-order valence-electron chi connectivity index (χ3n) is 2.00. The van der Waals surface area contributed by atoms with Crippen molar-refractivity contribution >= 4 is 0 Å². The Morgan fingerprint density at radius 2 is 1.15 bits per heavy atom. The zero-order chi connectivity index (χ0) is 9.19. The molecule has 0 aromatic heterocycles. The van der Waals surface area contributed by atoms with Gasteiger partial charge in [0.05, 0.1) is 0 Å². The standard InChI is InChI=1S/C13H18/c1-2-4-6-8-10-12-13-11-9-7-5-3-1/h1-4,7,9,12-13H,5-6,8,10-11H2/b3-1?,4-2?,9-7+,13-12-. The van der Waals surface area contributed by atoms with Crippen LogP contribution in [0, 0.1) is 0 Å². The molecule has 0 bridgehead atoms. The van der Waals surface area contributed by atoms with Gasteiger partial charge in [-0.2, -0.15) is 0 Å². The molecule has 0 saturated heterocycles. The Morgan fingerprint density at radius 1 is 0.538 bits per heavy atom. The van der Waals surface area contributed by atoms with Crippen molar-refractivity contribution in [3.05, 3.63) is 48.6 Å². The Balaban J connectivity index is 2.38. The second kappa shape index (κ2) is 7.60. The first-order valence-corrected chi connectivity index (χ1v) is 5.12. The molecule has 0 unspecified atom stereocenters. The first-order valence-electron chi connectivity index (χ1n) is 5.12. The van der Waals surface area contributed by atoms with Crippen LogP contribution in [-0.4, -0.2) is 0 Å². The van der Waals surface area contributed by atoms with Gasteiger partial charge in [0.1, 0.15) is 0 Å². The van der Waals surface area contributed by atoms with Crippen molar-refractivity contribution in [2.24, 2.45) is 0 Å². The van der Waals surface area contributed by atoms with Gasteiger partial charge in [0, 0.05) is 0 Å². The van der Waals surface area contributed by atoms with Gasteiger partial charge in [-0.3, -0.25) is 0 Å². The van der Waals surface area contributed by atoms with Crippen LogP contribution >= 0.6 is 0 Å². The van der Waals surface area contributed by atoms with Crippen LogP contribution in [0.15, 0.2) is 48.6 Å². The fraction of sp³-hybridized carbons (Fsp3) is 0.385. The van der Waals surface area contributed by atoms with Crippen LogP contribution in [-0.2, 0) is 0 Å². The van der Waals surface area contributed by atoms with E-state index < -0.39 is 0 Å². The first-order chi connectivity index (χ1) is 6.50. The van der Waals surface area contributed by atoms with E-state index in [4.69, 9.17) is 0 Å². The summed E-state index contributed by atoms with van der Waals surface area (Å²) in [6, 6.07) is 0. The van der Waals surface area contributed by atoms with Crippen LogP contribution in [0.2, 0.25) is 0 Å². The highest BCUT2D eigenvalue weighted by molar-refractivity contribution is 5.06. The van der Waals surface area contributed by atoms with Crippen LogP contribution in [0.1, 0.15) is 32.1 Å². The molecule has 0 spiro atoms. The summed E-state index contributed by atoms with van der Waals surface area (Å²) in [5.74, 6) is 0. The zero-order valence-corrected chi connectivity index (χ0v) is 8.15. The molecule has 70 valence electrons. The molecule has 0 atom stereocenters. The molecule has 13 heavy (non-hydrogen) atoms. The topological polar surface area (TPSA) is 0 Å². The summed E-state index contributed by atoms with van der Waals surface area (Å²) in [6.07, 6.45) is 23.5. The molecule has 1 aliphatic rings. The second-order valence-electron chi connectivity index (χ2n) is 3.20. The Hall–Kier alpha value is -1.04. The maximum Gasteiger partial charge on any atom is -0.0166 e. The van der Waals surface area contributed by atoms with E-state index in [2.05, 4.69) is 48.6 Å². The fourth-order valence-electron chi connectivity index (χ4n) is 1.25. The maximum absolute atomic E-state index is 2.28. The largest absolute Gasteiger partial charge is 0.0882 e. The molecule has 0 aromatic carbocycles. The lowest BCUT2D eigenvalue weighted by atomic mass is 10.2. The van der Waals surface area contributed by atoms with Crippen LogP contribution < -0.4 is 0 Å². The third-order valence-corrected chi connectivity index (χ3v) is 2.00. The highest BCUT2D eigenvalue weighted by atomic mass is 13.9. The van der Waals surface area contributed by atoms with Crippen molar-refractivity contribution in [2.75, 3.05) is 0 Å². The van der Waals surface area contributed by atoms with E-state index in [0.717, 1.165) is 12.8 Å². The predicted molar refractivity (Wildman–Crippen MR) is 59.6 cm³/mol. The molecule has 0 heterocycles. The lowest BCUT2D eigenvalue weighted by Crippen LogP contribution is -1.68. The van der Waals surface area contributed by atoms with Crippen LogP contribution in [0.25, 0.3) is 0 Å². The molecule has 0 aromatic rings. The number of allylic oxidation sites excluding steroid dienone is 8. The molecule has 1 aliphatic carbocycles. The Labute approximate surface area is 81.4 Å². The van der Waals surface area contributed by atoms with Gasteiger partial charge in [0.2, 0.25) is 0 Å². The zero-order valence-electron chi connectivity index (χ0n) is 8.15. The molecule has 0 nitrogen and oxygen atoms in total. The van der Waals surface area contributed by atoms with Gasteiger partial charge in [0.15, 0.2) is 0 Å². The minimum absolute atomic E-state index is 1.05. The quantitative estimate of drug-likeness (QED) is 0.483. The maximum atomic E-state index is 2.28. The van der Waals surface area contributed by atoms with E-state index in [9.17, 15) is 0 Å². The smallest absolute Gasteiger partial charge is 0.0166 e. The van der Waals surface area contributed by atoms with Crippen molar-refractivity contribution in [1.82, 2.24) is 0 Å². The summed E-state index contributed by atoms with van der Waals surface area (Å²) in [6.45, 7) is 0. The summed E-state index contributed by atoms with van der Waals surface area (Å²) >= 11 is 0. The van der Waals surface area contributed by atoms with Crippen molar-refractivity contribution in [3.63, 3.8) is 0 Å². The van der Waals surface area contributed by atoms with Gasteiger partial charge in [-0.05, 0) is 32.1 Å². The van der Waals surface area contributed by atoms with E-state index in [-0.39, 0.29) is 0 Å². The van der Waals surface area contributed by atoms with Gasteiger partial charge >= 0.3 is 0 Å². The molecule has 0 N–H and O–H groups in total. The summed E-state index contributed by atoms with van der Waals surface area (Å²) in [5.41, 5.74) is 0. The van der Waals surface area contributed by atoms with Crippen molar-refractivity contribution in [3.8, 4) is 0 Å². The van der Waals surface area contributed by atoms with Crippen molar-refractivity contribution < 1.29 is 0 Å². The molecule has 0 amide bonds. The molecule has 1 rings (SSSR count). The van der Waals surface area contributed by atoms with E-state index in [1.54, 1.807) is 0 Å². The average Bonchev–Trinajstić information content (AvgIpc) is 2.18. The van der Waals surface area contributed by atoms with Gasteiger partial charge in [-0.25, -0.2) is 0 Å². The van der Waals surface area contributed by atoms with Gasteiger partial charge in [-0.1, -0.05) is 48.6 Å². The van der Waals surface area contributed by atoms with E-state index >= 15 is 0 Å². The molecular weight excluding hydrogens is 156 g/mol. The van der Waals surface area contributed by atoms with E-state index in [0.29, 0.717) is 0 Å². The van der Waals surface area contributed by atoms with Crippen LogP contribution in [0.5, 0.6) is 0 Å². The predicted octanol–water partition coefficient (Wildman–Crippen LogP) is 4.18. The Morgan fingerprint density at radius 3 is 2.08 bits per heavy atom. The van der Waals surface area contributed by atoms with Crippen molar-refractivity contribution in [1.29, 1.82) is 0 Å².